The van der Waals surface area contributed by atoms with E-state index in [1.165, 1.54) is 0 Å². The van der Waals surface area contributed by atoms with Crippen LogP contribution in [0.3, 0.4) is 0 Å². The SMILES string of the molecule is CNC(=O)c1ccc(CCc2c[nH]c3nc(N)[nH]c(=O)c23)cc1.O=C(O)CCCC(=O)O. The van der Waals surface area contributed by atoms with E-state index >= 15 is 0 Å². The van der Waals surface area contributed by atoms with E-state index in [1.54, 1.807) is 25.4 Å². The number of carbonyl (C=O) groups is 3. The lowest BCUT2D eigenvalue weighted by Crippen LogP contribution is -2.17. The van der Waals surface area contributed by atoms with Gasteiger partial charge in [-0.05, 0) is 42.5 Å². The van der Waals surface area contributed by atoms with Crippen molar-refractivity contribution in [1.29, 1.82) is 0 Å². The average Bonchev–Trinajstić information content (AvgIpc) is 3.15. The van der Waals surface area contributed by atoms with Gasteiger partial charge >= 0.3 is 11.9 Å². The average molecular weight is 443 g/mol. The first-order valence-electron chi connectivity index (χ1n) is 9.81. The van der Waals surface area contributed by atoms with Gasteiger partial charge < -0.3 is 26.2 Å². The molecule has 0 unspecified atom stereocenters. The van der Waals surface area contributed by atoms with Gasteiger partial charge in [-0.2, -0.15) is 4.98 Å². The Morgan fingerprint density at radius 1 is 1.06 bits per heavy atom. The number of carbonyl (C=O) groups excluding carboxylic acids is 1. The second kappa shape index (κ2) is 11.3. The highest BCUT2D eigenvalue weighted by Gasteiger charge is 2.10. The maximum absolute atomic E-state index is 12.0. The van der Waals surface area contributed by atoms with Crippen LogP contribution in [0.15, 0.2) is 35.3 Å². The van der Waals surface area contributed by atoms with Crippen molar-refractivity contribution < 1.29 is 24.6 Å². The molecule has 0 radical (unpaired) electrons. The summed E-state index contributed by atoms with van der Waals surface area (Å²) in [6.45, 7) is 0. The first-order chi connectivity index (χ1) is 15.2. The molecule has 0 saturated heterocycles. The topological polar surface area (TPSA) is 191 Å². The third-order valence-electron chi connectivity index (χ3n) is 4.55. The molecule has 32 heavy (non-hydrogen) atoms. The van der Waals surface area contributed by atoms with Gasteiger partial charge in [0.05, 0.1) is 5.39 Å². The zero-order chi connectivity index (χ0) is 23.7. The number of fused-ring (bicyclic) bond motifs is 1. The molecule has 0 spiro atoms. The number of aromatic nitrogens is 3. The Bertz CT molecular complexity index is 1140. The van der Waals surface area contributed by atoms with Gasteiger partial charge in [0.1, 0.15) is 5.65 Å². The number of amides is 1. The molecule has 0 bridgehead atoms. The third-order valence-corrected chi connectivity index (χ3v) is 4.55. The zero-order valence-corrected chi connectivity index (χ0v) is 17.5. The maximum atomic E-state index is 12.0. The van der Waals surface area contributed by atoms with Crippen LogP contribution in [0.5, 0.6) is 0 Å². The number of nitrogens with one attached hydrogen (secondary N) is 3. The molecule has 0 saturated carbocycles. The Balaban J connectivity index is 0.000000344. The lowest BCUT2D eigenvalue weighted by atomic mass is 10.0. The van der Waals surface area contributed by atoms with Gasteiger partial charge in [0.25, 0.3) is 11.5 Å². The first kappa shape index (κ1) is 24.1. The van der Waals surface area contributed by atoms with E-state index in [1.807, 2.05) is 12.1 Å². The number of aromatic amines is 2. The molecule has 3 aromatic rings. The number of nitrogen functional groups attached to an aromatic ring is 1. The molecular formula is C21H25N5O6. The highest BCUT2D eigenvalue weighted by atomic mass is 16.4. The second-order valence-corrected chi connectivity index (χ2v) is 6.91. The van der Waals surface area contributed by atoms with E-state index < -0.39 is 11.9 Å². The first-order valence-corrected chi connectivity index (χ1v) is 9.81. The predicted octanol–water partition coefficient (Wildman–Crippen LogP) is 1.30. The molecule has 0 aliphatic carbocycles. The fourth-order valence-corrected chi connectivity index (χ4v) is 2.95. The molecule has 2 heterocycles. The van der Waals surface area contributed by atoms with Gasteiger partial charge in [-0.25, -0.2) is 0 Å². The minimum absolute atomic E-state index is 0.0632. The number of carboxylic acid groups (broad SMARTS) is 2. The van der Waals surface area contributed by atoms with Crippen molar-refractivity contribution in [3.63, 3.8) is 0 Å². The Morgan fingerprint density at radius 2 is 1.69 bits per heavy atom. The van der Waals surface area contributed by atoms with Gasteiger partial charge in [0.2, 0.25) is 5.95 Å². The molecule has 0 fully saturated rings. The molecule has 0 aliphatic rings. The van der Waals surface area contributed by atoms with Crippen molar-refractivity contribution in [3.8, 4) is 0 Å². The number of H-pyrrole nitrogens is 2. The summed E-state index contributed by atoms with van der Waals surface area (Å²) >= 11 is 0. The number of nitrogens with two attached hydrogens (primary N) is 1. The molecule has 0 aliphatic heterocycles. The standard InChI is InChI=1S/C16H17N5O2.C5H8O4/c1-18-14(22)10-5-2-9(3-6-10)4-7-11-8-19-13-12(11)15(23)21-16(17)20-13;6-4(7)2-1-3-5(8)9/h2-3,5-6,8H,4,7H2,1H3,(H,18,22)(H4,17,19,20,21,23);1-3H2,(H,6,7)(H,8,9). The van der Waals surface area contributed by atoms with E-state index in [4.69, 9.17) is 15.9 Å². The van der Waals surface area contributed by atoms with Gasteiger partial charge in [0.15, 0.2) is 0 Å². The van der Waals surface area contributed by atoms with Crippen LogP contribution in [0.25, 0.3) is 11.0 Å². The molecular weight excluding hydrogens is 418 g/mol. The summed E-state index contributed by atoms with van der Waals surface area (Å²) in [6.07, 6.45) is 3.31. The van der Waals surface area contributed by atoms with Crippen molar-refractivity contribution in [2.45, 2.75) is 32.1 Å². The molecule has 0 atom stereocenters. The van der Waals surface area contributed by atoms with Crippen LogP contribution in [-0.4, -0.2) is 50.1 Å². The summed E-state index contributed by atoms with van der Waals surface area (Å²) in [7, 11) is 1.60. The number of hydrogen-bond acceptors (Lipinski definition) is 6. The lowest BCUT2D eigenvalue weighted by Gasteiger charge is -2.03. The summed E-state index contributed by atoms with van der Waals surface area (Å²) in [5, 5.41) is 19.2. The molecule has 7 N–H and O–H groups in total. The largest absolute Gasteiger partial charge is 0.481 e. The summed E-state index contributed by atoms with van der Waals surface area (Å²) in [5.41, 5.74) is 8.40. The Morgan fingerprint density at radius 3 is 2.25 bits per heavy atom. The predicted molar refractivity (Wildman–Crippen MR) is 117 cm³/mol. The number of anilines is 1. The van der Waals surface area contributed by atoms with Crippen LogP contribution in [0, 0.1) is 0 Å². The third kappa shape index (κ3) is 6.97. The van der Waals surface area contributed by atoms with Crippen molar-refractivity contribution in [2.75, 3.05) is 12.8 Å². The van der Waals surface area contributed by atoms with E-state index in [2.05, 4.69) is 20.3 Å². The molecule has 3 rings (SSSR count). The molecule has 11 heteroatoms. The Kier molecular flexibility index (Phi) is 8.52. The van der Waals surface area contributed by atoms with E-state index in [9.17, 15) is 19.2 Å². The lowest BCUT2D eigenvalue weighted by molar-refractivity contribution is -0.138. The normalized spacial score (nSPS) is 10.3. The van der Waals surface area contributed by atoms with Gasteiger partial charge in [-0.1, -0.05) is 12.1 Å². The van der Waals surface area contributed by atoms with Crippen LogP contribution in [-0.2, 0) is 22.4 Å². The fraction of sp³-hybridized carbons (Fsp3) is 0.286. The van der Waals surface area contributed by atoms with Gasteiger partial charge in [0, 0.05) is 31.6 Å². The number of rotatable bonds is 8. The van der Waals surface area contributed by atoms with E-state index in [0.717, 1.165) is 17.5 Å². The minimum Gasteiger partial charge on any atom is -0.481 e. The molecule has 2 aromatic heterocycles. The second-order valence-electron chi connectivity index (χ2n) is 6.91. The van der Waals surface area contributed by atoms with Crippen molar-refractivity contribution in [2.24, 2.45) is 0 Å². The molecule has 1 amide bonds. The number of benzene rings is 1. The smallest absolute Gasteiger partial charge is 0.303 e. The van der Waals surface area contributed by atoms with Gasteiger partial charge in [-0.3, -0.25) is 24.2 Å². The van der Waals surface area contributed by atoms with Crippen molar-refractivity contribution >= 4 is 34.8 Å². The monoisotopic (exact) mass is 443 g/mol. The van der Waals surface area contributed by atoms with Crippen molar-refractivity contribution in [1.82, 2.24) is 20.3 Å². The maximum Gasteiger partial charge on any atom is 0.303 e. The molecule has 170 valence electrons. The highest BCUT2D eigenvalue weighted by Crippen LogP contribution is 2.16. The summed E-state index contributed by atoms with van der Waals surface area (Å²) in [5.74, 6) is -1.91. The van der Waals surface area contributed by atoms with E-state index in [0.29, 0.717) is 23.0 Å². The Labute approximate surface area is 182 Å². The number of nitrogens with zero attached hydrogens (tertiary/aromatic N) is 1. The number of aryl methyl sites for hydroxylation is 2. The zero-order valence-electron chi connectivity index (χ0n) is 17.5. The quantitative estimate of drug-likeness (QED) is 0.300. The van der Waals surface area contributed by atoms with Crippen LogP contribution in [0.2, 0.25) is 0 Å². The van der Waals surface area contributed by atoms with E-state index in [-0.39, 0.29) is 36.7 Å². The van der Waals surface area contributed by atoms with Crippen LogP contribution in [0.1, 0.15) is 40.7 Å². The van der Waals surface area contributed by atoms with Crippen molar-refractivity contribution in [3.05, 3.63) is 57.5 Å². The van der Waals surface area contributed by atoms with Crippen LogP contribution >= 0.6 is 0 Å². The summed E-state index contributed by atoms with van der Waals surface area (Å²) < 4.78 is 0. The van der Waals surface area contributed by atoms with Crippen LogP contribution < -0.4 is 16.6 Å². The summed E-state index contributed by atoms with van der Waals surface area (Å²) in [6, 6.07) is 7.41. The number of hydrogen-bond donors (Lipinski definition) is 6. The Hall–Kier alpha value is -4.15. The molecule has 11 nitrogen and oxygen atoms in total. The van der Waals surface area contributed by atoms with Gasteiger partial charge in [-0.15, -0.1) is 0 Å². The van der Waals surface area contributed by atoms with Crippen LogP contribution in [0.4, 0.5) is 5.95 Å². The number of aliphatic carboxylic acids is 2. The molecule has 1 aromatic carbocycles. The highest BCUT2D eigenvalue weighted by molar-refractivity contribution is 5.93. The fourth-order valence-electron chi connectivity index (χ4n) is 2.95. The minimum atomic E-state index is -0.948. The summed E-state index contributed by atoms with van der Waals surface area (Å²) in [4.78, 5) is 52.7. The number of carboxylic acids is 2.